The van der Waals surface area contributed by atoms with Gasteiger partial charge in [-0.15, -0.1) is 0 Å². The highest BCUT2D eigenvalue weighted by Gasteiger charge is 2.21. The number of hydrazine groups is 1. The summed E-state index contributed by atoms with van der Waals surface area (Å²) in [6, 6.07) is -0.201. The molecule has 0 bridgehead atoms. The summed E-state index contributed by atoms with van der Waals surface area (Å²) >= 11 is 0. The molecular formula is C7H16N4O. The zero-order valence-corrected chi connectivity index (χ0v) is 7.12. The molecule has 5 N–H and O–H groups in total. The van der Waals surface area contributed by atoms with Crippen LogP contribution in [0.4, 0.5) is 4.79 Å². The Bertz CT molecular complexity index is 161. The first-order chi connectivity index (χ1) is 5.77. The molecule has 1 aliphatic heterocycles. The van der Waals surface area contributed by atoms with Crippen LogP contribution in [0.15, 0.2) is 0 Å². The molecule has 0 aromatic rings. The van der Waals surface area contributed by atoms with Crippen molar-refractivity contribution in [3.63, 3.8) is 0 Å². The van der Waals surface area contributed by atoms with Gasteiger partial charge in [0, 0.05) is 13.1 Å². The molecular weight excluding hydrogens is 156 g/mol. The van der Waals surface area contributed by atoms with E-state index in [1.165, 1.54) is 0 Å². The van der Waals surface area contributed by atoms with Gasteiger partial charge in [0.15, 0.2) is 0 Å². The zero-order chi connectivity index (χ0) is 8.97. The standard InChI is InChI=1S/C7H16N4O/c8-4-6-2-1-3-11(5-6)7(12)10-9/h6H,1-5,8-9H2,(H,10,12). The molecule has 1 unspecified atom stereocenters. The summed E-state index contributed by atoms with van der Waals surface area (Å²) in [6.45, 7) is 2.17. The van der Waals surface area contributed by atoms with Crippen LogP contribution in [-0.2, 0) is 0 Å². The van der Waals surface area contributed by atoms with Crippen LogP contribution >= 0.6 is 0 Å². The predicted octanol–water partition coefficient (Wildman–Crippen LogP) is -0.760. The molecule has 1 atom stereocenters. The monoisotopic (exact) mass is 172 g/mol. The SMILES string of the molecule is NCC1CCCN(C(=O)NN)C1. The van der Waals surface area contributed by atoms with Crippen LogP contribution in [0.1, 0.15) is 12.8 Å². The molecule has 0 aromatic carbocycles. The fourth-order valence-corrected chi connectivity index (χ4v) is 1.53. The average molecular weight is 172 g/mol. The minimum Gasteiger partial charge on any atom is -0.330 e. The number of hydrogen-bond acceptors (Lipinski definition) is 3. The number of hydrogen-bond donors (Lipinski definition) is 3. The van der Waals surface area contributed by atoms with Gasteiger partial charge in [0.2, 0.25) is 0 Å². The third-order valence-electron chi connectivity index (χ3n) is 2.26. The smallest absolute Gasteiger partial charge is 0.330 e. The van der Waals surface area contributed by atoms with Gasteiger partial charge in [-0.1, -0.05) is 0 Å². The van der Waals surface area contributed by atoms with Crippen molar-refractivity contribution >= 4 is 6.03 Å². The molecule has 0 radical (unpaired) electrons. The maximum atomic E-state index is 11.1. The van der Waals surface area contributed by atoms with Gasteiger partial charge in [-0.3, -0.25) is 5.43 Å². The van der Waals surface area contributed by atoms with Crippen LogP contribution in [0.3, 0.4) is 0 Å². The maximum absolute atomic E-state index is 11.1. The van der Waals surface area contributed by atoms with Crippen LogP contribution < -0.4 is 17.0 Å². The lowest BCUT2D eigenvalue weighted by Gasteiger charge is -2.31. The molecule has 1 heterocycles. The number of rotatable bonds is 1. The lowest BCUT2D eigenvalue weighted by atomic mass is 9.99. The summed E-state index contributed by atoms with van der Waals surface area (Å²) in [5, 5.41) is 0. The van der Waals surface area contributed by atoms with Crippen molar-refractivity contribution in [2.24, 2.45) is 17.5 Å². The summed E-state index contributed by atoms with van der Waals surface area (Å²) in [5.41, 5.74) is 7.64. The van der Waals surface area contributed by atoms with Gasteiger partial charge >= 0.3 is 6.03 Å². The second-order valence-electron chi connectivity index (χ2n) is 3.14. The Morgan fingerprint density at radius 1 is 1.67 bits per heavy atom. The number of urea groups is 1. The molecule has 1 aliphatic rings. The Balaban J connectivity index is 2.40. The van der Waals surface area contributed by atoms with Crippen molar-refractivity contribution in [2.75, 3.05) is 19.6 Å². The highest BCUT2D eigenvalue weighted by Crippen LogP contribution is 2.14. The van der Waals surface area contributed by atoms with Gasteiger partial charge < -0.3 is 10.6 Å². The minimum atomic E-state index is -0.201. The minimum absolute atomic E-state index is 0.201. The molecule has 12 heavy (non-hydrogen) atoms. The largest absolute Gasteiger partial charge is 0.331 e. The first-order valence-corrected chi connectivity index (χ1v) is 4.23. The predicted molar refractivity (Wildman–Crippen MR) is 46.1 cm³/mol. The van der Waals surface area contributed by atoms with Crippen LogP contribution in [0.2, 0.25) is 0 Å². The van der Waals surface area contributed by atoms with Crippen molar-refractivity contribution in [1.82, 2.24) is 10.3 Å². The normalized spacial score (nSPS) is 23.8. The molecule has 70 valence electrons. The Kier molecular flexibility index (Phi) is 3.31. The van der Waals surface area contributed by atoms with Gasteiger partial charge in [-0.2, -0.15) is 0 Å². The molecule has 1 rings (SSSR count). The van der Waals surface area contributed by atoms with Crippen LogP contribution in [-0.4, -0.2) is 30.6 Å². The number of carbonyl (C=O) groups is 1. The van der Waals surface area contributed by atoms with Crippen LogP contribution in [0.5, 0.6) is 0 Å². The topological polar surface area (TPSA) is 84.4 Å². The first kappa shape index (κ1) is 9.28. The first-order valence-electron chi connectivity index (χ1n) is 4.23. The Labute approximate surface area is 72.0 Å². The van der Waals surface area contributed by atoms with Crippen LogP contribution in [0.25, 0.3) is 0 Å². The summed E-state index contributed by atoms with van der Waals surface area (Å²) < 4.78 is 0. The van der Waals surface area contributed by atoms with E-state index in [4.69, 9.17) is 11.6 Å². The van der Waals surface area contributed by atoms with E-state index < -0.39 is 0 Å². The zero-order valence-electron chi connectivity index (χ0n) is 7.12. The van der Waals surface area contributed by atoms with E-state index in [-0.39, 0.29) is 6.03 Å². The molecule has 0 spiro atoms. The fraction of sp³-hybridized carbons (Fsp3) is 0.857. The van der Waals surface area contributed by atoms with E-state index in [1.54, 1.807) is 4.90 Å². The molecule has 0 aromatic heterocycles. The van der Waals surface area contributed by atoms with E-state index in [0.717, 1.165) is 25.9 Å². The highest BCUT2D eigenvalue weighted by molar-refractivity contribution is 5.73. The summed E-state index contributed by atoms with van der Waals surface area (Å²) in [4.78, 5) is 12.8. The third kappa shape index (κ3) is 2.09. The number of nitrogens with two attached hydrogens (primary N) is 2. The van der Waals surface area contributed by atoms with Gasteiger partial charge in [-0.05, 0) is 25.3 Å². The Morgan fingerprint density at radius 3 is 3.00 bits per heavy atom. The molecule has 0 aliphatic carbocycles. The number of carbonyl (C=O) groups excluding carboxylic acids is 1. The van der Waals surface area contributed by atoms with Gasteiger partial charge in [0.1, 0.15) is 0 Å². The maximum Gasteiger partial charge on any atom is 0.331 e. The third-order valence-corrected chi connectivity index (χ3v) is 2.26. The van der Waals surface area contributed by atoms with Gasteiger partial charge in [-0.25, -0.2) is 10.6 Å². The number of amides is 2. The molecule has 0 saturated carbocycles. The lowest BCUT2D eigenvalue weighted by Crippen LogP contribution is -2.48. The van der Waals surface area contributed by atoms with Gasteiger partial charge in [0.05, 0.1) is 0 Å². The van der Waals surface area contributed by atoms with E-state index in [2.05, 4.69) is 5.43 Å². The quantitative estimate of drug-likeness (QED) is 0.276. The van der Waals surface area contributed by atoms with Crippen LogP contribution in [0, 0.1) is 5.92 Å². The second kappa shape index (κ2) is 4.27. The summed E-state index contributed by atoms with van der Waals surface area (Å²) in [5.74, 6) is 5.46. The number of nitrogens with one attached hydrogen (secondary N) is 1. The van der Waals surface area contributed by atoms with Crippen molar-refractivity contribution < 1.29 is 4.79 Å². The number of nitrogens with zero attached hydrogens (tertiary/aromatic N) is 1. The second-order valence-corrected chi connectivity index (χ2v) is 3.14. The Hall–Kier alpha value is -0.810. The number of piperidine rings is 1. The molecule has 5 heteroatoms. The average Bonchev–Trinajstić information content (AvgIpc) is 2.17. The highest BCUT2D eigenvalue weighted by atomic mass is 16.2. The molecule has 2 amide bonds. The summed E-state index contributed by atoms with van der Waals surface area (Å²) in [7, 11) is 0. The van der Waals surface area contributed by atoms with E-state index in [0.29, 0.717) is 12.5 Å². The Morgan fingerprint density at radius 2 is 2.42 bits per heavy atom. The van der Waals surface area contributed by atoms with Crippen molar-refractivity contribution in [3.8, 4) is 0 Å². The molecule has 1 fully saturated rings. The van der Waals surface area contributed by atoms with Gasteiger partial charge in [0.25, 0.3) is 0 Å². The van der Waals surface area contributed by atoms with E-state index in [1.807, 2.05) is 0 Å². The van der Waals surface area contributed by atoms with E-state index >= 15 is 0 Å². The van der Waals surface area contributed by atoms with E-state index in [9.17, 15) is 4.79 Å². The molecule has 1 saturated heterocycles. The van der Waals surface area contributed by atoms with Crippen molar-refractivity contribution in [2.45, 2.75) is 12.8 Å². The molecule has 5 nitrogen and oxygen atoms in total. The fourth-order valence-electron chi connectivity index (χ4n) is 1.53. The lowest BCUT2D eigenvalue weighted by molar-refractivity contribution is 0.167. The summed E-state index contributed by atoms with van der Waals surface area (Å²) in [6.07, 6.45) is 2.14. The van der Waals surface area contributed by atoms with Crippen molar-refractivity contribution in [3.05, 3.63) is 0 Å². The van der Waals surface area contributed by atoms with Crippen molar-refractivity contribution in [1.29, 1.82) is 0 Å². The number of likely N-dealkylation sites (tertiary alicyclic amines) is 1.